The summed E-state index contributed by atoms with van der Waals surface area (Å²) in [6.45, 7) is 4.20. The highest BCUT2D eigenvalue weighted by Crippen LogP contribution is 2.44. The van der Waals surface area contributed by atoms with E-state index in [-0.39, 0.29) is 0 Å². The van der Waals surface area contributed by atoms with Crippen molar-refractivity contribution >= 4 is 22.9 Å². The Bertz CT molecular complexity index is 724. The van der Waals surface area contributed by atoms with Crippen molar-refractivity contribution in [2.24, 2.45) is 0 Å². The summed E-state index contributed by atoms with van der Waals surface area (Å²) in [5.41, 5.74) is 4.86. The zero-order chi connectivity index (χ0) is 14.1. The fraction of sp³-hybridized carbons (Fsp3) is 0.111. The molecule has 0 saturated carbocycles. The molecule has 0 N–H and O–H groups in total. The van der Waals surface area contributed by atoms with Gasteiger partial charge >= 0.3 is 0 Å². The third-order valence-corrected chi connectivity index (χ3v) is 5.40. The Morgan fingerprint density at radius 2 is 1.35 bits per heavy atom. The van der Waals surface area contributed by atoms with Crippen molar-refractivity contribution in [3.05, 3.63) is 70.7 Å². The minimum atomic E-state index is 0.872. The van der Waals surface area contributed by atoms with Gasteiger partial charge in [-0.2, -0.15) is 0 Å². The minimum absolute atomic E-state index is 0.872. The van der Waals surface area contributed by atoms with Crippen LogP contribution in [0.4, 0.5) is 0 Å². The average Bonchev–Trinajstić information content (AvgIpc) is 2.77. The van der Waals surface area contributed by atoms with Crippen LogP contribution < -0.4 is 0 Å². The predicted octanol–water partition coefficient (Wildman–Crippen LogP) is 6.35. The SMILES string of the molecule is Cc1ccc(-c2sc(-c3ccccc3)c(Cl)c2C)cc1. The number of thiophene rings is 1. The van der Waals surface area contributed by atoms with Crippen LogP contribution >= 0.6 is 22.9 Å². The fourth-order valence-corrected chi connectivity index (χ4v) is 3.83. The predicted molar refractivity (Wildman–Crippen MR) is 89.7 cm³/mol. The van der Waals surface area contributed by atoms with E-state index in [0.29, 0.717) is 0 Å². The molecule has 0 aliphatic rings. The Labute approximate surface area is 128 Å². The summed E-state index contributed by atoms with van der Waals surface area (Å²) in [7, 11) is 0. The molecule has 0 nitrogen and oxygen atoms in total. The first-order valence-electron chi connectivity index (χ1n) is 6.58. The van der Waals surface area contributed by atoms with Crippen LogP contribution in [0.5, 0.6) is 0 Å². The summed E-state index contributed by atoms with van der Waals surface area (Å²) in [4.78, 5) is 2.41. The second kappa shape index (κ2) is 5.43. The smallest absolute Gasteiger partial charge is 0.0627 e. The molecule has 0 unspecified atom stereocenters. The van der Waals surface area contributed by atoms with Gasteiger partial charge in [-0.3, -0.25) is 0 Å². The van der Waals surface area contributed by atoms with E-state index in [0.717, 1.165) is 9.90 Å². The van der Waals surface area contributed by atoms with Crippen molar-refractivity contribution in [3.8, 4) is 20.9 Å². The molecule has 0 spiro atoms. The molecule has 0 saturated heterocycles. The highest BCUT2D eigenvalue weighted by Gasteiger charge is 2.15. The summed E-state index contributed by atoms with van der Waals surface area (Å²) in [5.74, 6) is 0. The Hall–Kier alpha value is -1.57. The van der Waals surface area contributed by atoms with Crippen LogP contribution in [0.3, 0.4) is 0 Å². The first-order chi connectivity index (χ1) is 9.66. The highest BCUT2D eigenvalue weighted by atomic mass is 35.5. The number of halogens is 1. The summed E-state index contributed by atoms with van der Waals surface area (Å²) < 4.78 is 0. The first-order valence-corrected chi connectivity index (χ1v) is 7.77. The molecular formula is C18H15ClS. The quantitative estimate of drug-likeness (QED) is 0.517. The van der Waals surface area contributed by atoms with Crippen LogP contribution in [0, 0.1) is 13.8 Å². The molecule has 1 aromatic heterocycles. The van der Waals surface area contributed by atoms with E-state index in [1.165, 1.54) is 27.1 Å². The Balaban J connectivity index is 2.13. The molecule has 3 aromatic rings. The van der Waals surface area contributed by atoms with Crippen molar-refractivity contribution in [2.75, 3.05) is 0 Å². The van der Waals surface area contributed by atoms with Gasteiger partial charge in [-0.15, -0.1) is 11.3 Å². The third-order valence-electron chi connectivity index (χ3n) is 3.42. The van der Waals surface area contributed by atoms with Crippen molar-refractivity contribution in [1.82, 2.24) is 0 Å². The van der Waals surface area contributed by atoms with Crippen LogP contribution in [0.25, 0.3) is 20.9 Å². The van der Waals surface area contributed by atoms with Gasteiger partial charge in [0.15, 0.2) is 0 Å². The van der Waals surface area contributed by atoms with Crippen LogP contribution in [-0.4, -0.2) is 0 Å². The maximum absolute atomic E-state index is 6.54. The molecule has 0 bridgehead atoms. The standard InChI is InChI=1S/C18H15ClS/c1-12-8-10-15(11-9-12)17-13(2)16(19)18(20-17)14-6-4-3-5-7-14/h3-11H,1-2H3. The summed E-state index contributed by atoms with van der Waals surface area (Å²) in [6, 6.07) is 19.0. The fourth-order valence-electron chi connectivity index (χ4n) is 2.25. The van der Waals surface area contributed by atoms with E-state index >= 15 is 0 Å². The van der Waals surface area contributed by atoms with Gasteiger partial charge in [0.2, 0.25) is 0 Å². The third kappa shape index (κ3) is 2.39. The van der Waals surface area contributed by atoms with Gasteiger partial charge < -0.3 is 0 Å². The molecular weight excluding hydrogens is 284 g/mol. The molecule has 3 rings (SSSR count). The topological polar surface area (TPSA) is 0 Å². The summed E-state index contributed by atoms with van der Waals surface area (Å²) in [6.07, 6.45) is 0. The van der Waals surface area contributed by atoms with E-state index in [4.69, 9.17) is 11.6 Å². The Morgan fingerprint density at radius 3 is 2.00 bits per heavy atom. The largest absolute Gasteiger partial charge is 0.133 e. The molecule has 2 heteroatoms. The van der Waals surface area contributed by atoms with Gasteiger partial charge in [-0.1, -0.05) is 71.8 Å². The average molecular weight is 299 g/mol. The van der Waals surface area contributed by atoms with Gasteiger partial charge in [-0.05, 0) is 30.5 Å². The van der Waals surface area contributed by atoms with Gasteiger partial charge in [-0.25, -0.2) is 0 Å². The van der Waals surface area contributed by atoms with Crippen molar-refractivity contribution < 1.29 is 0 Å². The second-order valence-corrected chi connectivity index (χ2v) is 6.33. The lowest BCUT2D eigenvalue weighted by Crippen LogP contribution is -1.77. The van der Waals surface area contributed by atoms with E-state index in [9.17, 15) is 0 Å². The van der Waals surface area contributed by atoms with Crippen molar-refractivity contribution in [3.63, 3.8) is 0 Å². The number of hydrogen-bond donors (Lipinski definition) is 0. The number of rotatable bonds is 2. The lowest BCUT2D eigenvalue weighted by atomic mass is 10.1. The Kier molecular flexibility index (Phi) is 3.64. The zero-order valence-electron chi connectivity index (χ0n) is 11.5. The number of hydrogen-bond acceptors (Lipinski definition) is 1. The van der Waals surface area contributed by atoms with Crippen molar-refractivity contribution in [1.29, 1.82) is 0 Å². The van der Waals surface area contributed by atoms with Crippen LogP contribution in [-0.2, 0) is 0 Å². The van der Waals surface area contributed by atoms with Gasteiger partial charge in [0.1, 0.15) is 0 Å². The molecule has 2 aromatic carbocycles. The van der Waals surface area contributed by atoms with Gasteiger partial charge in [0.05, 0.1) is 9.90 Å². The maximum Gasteiger partial charge on any atom is 0.0627 e. The minimum Gasteiger partial charge on any atom is -0.133 e. The van der Waals surface area contributed by atoms with E-state index in [2.05, 4.69) is 50.2 Å². The molecule has 1 heterocycles. The molecule has 100 valence electrons. The molecule has 0 aliphatic heterocycles. The lowest BCUT2D eigenvalue weighted by Gasteiger charge is -2.00. The number of aryl methyl sites for hydroxylation is 1. The zero-order valence-corrected chi connectivity index (χ0v) is 13.1. The van der Waals surface area contributed by atoms with Crippen molar-refractivity contribution in [2.45, 2.75) is 13.8 Å². The maximum atomic E-state index is 6.54. The normalized spacial score (nSPS) is 10.8. The highest BCUT2D eigenvalue weighted by molar-refractivity contribution is 7.19. The molecule has 20 heavy (non-hydrogen) atoms. The lowest BCUT2D eigenvalue weighted by molar-refractivity contribution is 1.46. The molecule has 0 amide bonds. The summed E-state index contributed by atoms with van der Waals surface area (Å²) in [5, 5.41) is 0.872. The van der Waals surface area contributed by atoms with Crippen LogP contribution in [0.1, 0.15) is 11.1 Å². The van der Waals surface area contributed by atoms with Gasteiger partial charge in [0, 0.05) is 4.88 Å². The Morgan fingerprint density at radius 1 is 0.750 bits per heavy atom. The first kappa shape index (κ1) is 13.4. The molecule has 0 fully saturated rings. The molecule has 0 atom stereocenters. The van der Waals surface area contributed by atoms with Gasteiger partial charge in [0.25, 0.3) is 0 Å². The molecule has 0 radical (unpaired) electrons. The summed E-state index contributed by atoms with van der Waals surface area (Å²) >= 11 is 8.31. The van der Waals surface area contributed by atoms with E-state index in [1.807, 2.05) is 18.2 Å². The molecule has 0 aliphatic carbocycles. The van der Waals surface area contributed by atoms with Crippen LogP contribution in [0.15, 0.2) is 54.6 Å². The van der Waals surface area contributed by atoms with Crippen LogP contribution in [0.2, 0.25) is 5.02 Å². The van der Waals surface area contributed by atoms with E-state index in [1.54, 1.807) is 11.3 Å². The monoisotopic (exact) mass is 298 g/mol. The van der Waals surface area contributed by atoms with E-state index < -0.39 is 0 Å². The second-order valence-electron chi connectivity index (χ2n) is 4.93. The number of benzene rings is 2.